The normalized spacial score (nSPS) is 43.6. The summed E-state index contributed by atoms with van der Waals surface area (Å²) in [5.41, 5.74) is -0.153. The number of unbranched alkanes of at least 4 members (excludes halogenated alkanes) is 1. The number of cyclic esters (lactones) is 1. The Labute approximate surface area is 103 Å². The predicted molar refractivity (Wildman–Crippen MR) is 63.5 cm³/mol. The van der Waals surface area contributed by atoms with Crippen molar-refractivity contribution in [1.29, 1.82) is 0 Å². The molecule has 4 unspecified atom stereocenters. The maximum Gasteiger partial charge on any atom is 0.312 e. The molecule has 0 aromatic carbocycles. The second-order valence-corrected chi connectivity index (χ2v) is 5.95. The Kier molecular flexibility index (Phi) is 2.89. The second-order valence-electron chi connectivity index (χ2n) is 5.95. The average Bonchev–Trinajstić information content (AvgIpc) is 2.96. The first kappa shape index (κ1) is 11.5. The molecule has 3 nitrogen and oxygen atoms in total. The molecule has 4 atom stereocenters. The van der Waals surface area contributed by atoms with E-state index in [1.54, 1.807) is 0 Å². The number of rotatable bonds is 4. The van der Waals surface area contributed by atoms with Crippen LogP contribution in [0.2, 0.25) is 0 Å². The van der Waals surface area contributed by atoms with Crippen molar-refractivity contribution in [3.05, 3.63) is 0 Å². The van der Waals surface area contributed by atoms with Crippen molar-refractivity contribution in [2.24, 2.45) is 17.3 Å². The van der Waals surface area contributed by atoms with Crippen molar-refractivity contribution in [3.63, 3.8) is 0 Å². The summed E-state index contributed by atoms with van der Waals surface area (Å²) in [6.45, 7) is 3.67. The molecule has 1 saturated heterocycles. The molecule has 17 heavy (non-hydrogen) atoms. The molecule has 3 fully saturated rings. The maximum atomic E-state index is 12.0. The molecule has 0 radical (unpaired) electrons. The van der Waals surface area contributed by atoms with Crippen LogP contribution in [-0.4, -0.2) is 25.3 Å². The van der Waals surface area contributed by atoms with Gasteiger partial charge in [-0.05, 0) is 38.0 Å². The molecule has 2 saturated carbocycles. The zero-order valence-electron chi connectivity index (χ0n) is 10.6. The fraction of sp³-hybridized carbons (Fsp3) is 0.929. The molecule has 1 aliphatic heterocycles. The van der Waals surface area contributed by atoms with Crippen LogP contribution >= 0.6 is 0 Å². The molecule has 1 heterocycles. The summed E-state index contributed by atoms with van der Waals surface area (Å²) in [4.78, 5) is 12.0. The predicted octanol–water partition coefficient (Wildman–Crippen LogP) is 2.53. The Balaban J connectivity index is 1.68. The molecule has 0 N–H and O–H groups in total. The van der Waals surface area contributed by atoms with Crippen molar-refractivity contribution >= 4 is 5.97 Å². The fourth-order valence-electron chi connectivity index (χ4n) is 4.17. The summed E-state index contributed by atoms with van der Waals surface area (Å²) in [7, 11) is 0. The van der Waals surface area contributed by atoms with Crippen LogP contribution in [0.5, 0.6) is 0 Å². The van der Waals surface area contributed by atoms with Gasteiger partial charge in [-0.25, -0.2) is 0 Å². The van der Waals surface area contributed by atoms with Crippen molar-refractivity contribution in [1.82, 2.24) is 0 Å². The van der Waals surface area contributed by atoms with Crippen LogP contribution in [0.1, 0.15) is 45.4 Å². The number of hydrogen-bond donors (Lipinski definition) is 0. The van der Waals surface area contributed by atoms with Gasteiger partial charge in [0.15, 0.2) is 0 Å². The SMILES string of the molecule is CCCCOC1CC2CC1C1(CCOC1=O)C2. The van der Waals surface area contributed by atoms with Gasteiger partial charge in [-0.1, -0.05) is 13.3 Å². The summed E-state index contributed by atoms with van der Waals surface area (Å²) < 4.78 is 11.2. The summed E-state index contributed by atoms with van der Waals surface area (Å²) in [6.07, 6.45) is 6.98. The molecule has 0 aromatic heterocycles. The van der Waals surface area contributed by atoms with E-state index in [9.17, 15) is 4.79 Å². The van der Waals surface area contributed by atoms with Gasteiger partial charge in [0, 0.05) is 12.5 Å². The Morgan fingerprint density at radius 2 is 2.35 bits per heavy atom. The minimum absolute atomic E-state index is 0.0637. The van der Waals surface area contributed by atoms with Crippen molar-refractivity contribution < 1.29 is 14.3 Å². The standard InChI is InChI=1S/C14H22O3/c1-2-3-5-16-12-8-10-7-11(12)14(9-10)4-6-17-13(14)15/h10-12H,2-9H2,1H3. The quantitative estimate of drug-likeness (QED) is 0.557. The third kappa shape index (κ3) is 1.70. The minimum atomic E-state index is -0.153. The largest absolute Gasteiger partial charge is 0.465 e. The molecule has 2 aliphatic carbocycles. The molecule has 3 rings (SSSR count). The number of fused-ring (bicyclic) bond motifs is 3. The summed E-state index contributed by atoms with van der Waals surface area (Å²) in [5.74, 6) is 1.21. The molecule has 96 valence electrons. The zero-order chi connectivity index (χ0) is 11.9. The first-order valence-corrected chi connectivity index (χ1v) is 7.05. The number of carbonyl (C=O) groups excluding carboxylic acids is 1. The molecular weight excluding hydrogens is 216 g/mol. The van der Waals surface area contributed by atoms with Crippen LogP contribution in [0.4, 0.5) is 0 Å². The van der Waals surface area contributed by atoms with Crippen LogP contribution in [0.15, 0.2) is 0 Å². The van der Waals surface area contributed by atoms with Crippen LogP contribution < -0.4 is 0 Å². The Hall–Kier alpha value is -0.570. The number of hydrogen-bond acceptors (Lipinski definition) is 3. The number of esters is 1. The molecule has 2 bridgehead atoms. The summed E-state index contributed by atoms with van der Waals surface area (Å²) >= 11 is 0. The lowest BCUT2D eigenvalue weighted by Crippen LogP contribution is -2.40. The minimum Gasteiger partial charge on any atom is -0.465 e. The van der Waals surface area contributed by atoms with E-state index in [2.05, 4.69) is 6.92 Å². The molecule has 3 heteroatoms. The smallest absolute Gasteiger partial charge is 0.312 e. The maximum absolute atomic E-state index is 12.0. The van der Waals surface area contributed by atoms with Gasteiger partial charge in [-0.3, -0.25) is 4.79 Å². The number of ether oxygens (including phenoxy) is 2. The van der Waals surface area contributed by atoms with Crippen molar-refractivity contribution in [3.8, 4) is 0 Å². The highest BCUT2D eigenvalue weighted by atomic mass is 16.5. The van der Waals surface area contributed by atoms with E-state index in [0.717, 1.165) is 25.9 Å². The summed E-state index contributed by atoms with van der Waals surface area (Å²) in [6, 6.07) is 0. The van der Waals surface area contributed by atoms with Crippen LogP contribution in [0, 0.1) is 17.3 Å². The van der Waals surface area contributed by atoms with Gasteiger partial charge in [0.25, 0.3) is 0 Å². The van der Waals surface area contributed by atoms with Gasteiger partial charge in [-0.15, -0.1) is 0 Å². The van der Waals surface area contributed by atoms with Gasteiger partial charge in [-0.2, -0.15) is 0 Å². The van der Waals surface area contributed by atoms with Gasteiger partial charge < -0.3 is 9.47 Å². The lowest BCUT2D eigenvalue weighted by Gasteiger charge is -2.35. The van der Waals surface area contributed by atoms with Crippen LogP contribution in [0.25, 0.3) is 0 Å². The van der Waals surface area contributed by atoms with E-state index in [4.69, 9.17) is 9.47 Å². The van der Waals surface area contributed by atoms with Crippen LogP contribution in [-0.2, 0) is 14.3 Å². The first-order valence-electron chi connectivity index (χ1n) is 7.05. The number of carbonyl (C=O) groups is 1. The zero-order valence-corrected chi connectivity index (χ0v) is 10.6. The first-order chi connectivity index (χ1) is 8.26. The lowest BCUT2D eigenvalue weighted by molar-refractivity contribution is -0.152. The molecule has 0 aromatic rings. The van der Waals surface area contributed by atoms with Crippen molar-refractivity contribution in [2.45, 2.75) is 51.6 Å². The van der Waals surface area contributed by atoms with E-state index < -0.39 is 0 Å². The highest BCUT2D eigenvalue weighted by Gasteiger charge is 2.62. The molecule has 0 amide bonds. The van der Waals surface area contributed by atoms with Crippen LogP contribution in [0.3, 0.4) is 0 Å². The topological polar surface area (TPSA) is 35.5 Å². The van der Waals surface area contributed by atoms with Gasteiger partial charge >= 0.3 is 5.97 Å². The van der Waals surface area contributed by atoms with Gasteiger partial charge in [0.1, 0.15) is 0 Å². The van der Waals surface area contributed by atoms with E-state index in [0.29, 0.717) is 24.5 Å². The Bertz CT molecular complexity index is 315. The van der Waals surface area contributed by atoms with Gasteiger partial charge in [0.05, 0.1) is 18.1 Å². The van der Waals surface area contributed by atoms with E-state index >= 15 is 0 Å². The average molecular weight is 238 g/mol. The molecule has 3 aliphatic rings. The molecule has 1 spiro atoms. The summed E-state index contributed by atoms with van der Waals surface area (Å²) in [5, 5.41) is 0. The third-order valence-corrected chi connectivity index (χ3v) is 4.98. The monoisotopic (exact) mass is 238 g/mol. The Morgan fingerprint density at radius 1 is 1.47 bits per heavy atom. The highest BCUT2D eigenvalue weighted by Crippen LogP contribution is 2.60. The van der Waals surface area contributed by atoms with Crippen molar-refractivity contribution in [2.75, 3.05) is 13.2 Å². The molecular formula is C14H22O3. The lowest BCUT2D eigenvalue weighted by atomic mass is 9.71. The highest BCUT2D eigenvalue weighted by molar-refractivity contribution is 5.79. The fourth-order valence-corrected chi connectivity index (χ4v) is 4.17. The van der Waals surface area contributed by atoms with E-state index in [1.807, 2.05) is 0 Å². The van der Waals surface area contributed by atoms with E-state index in [-0.39, 0.29) is 11.4 Å². The van der Waals surface area contributed by atoms with Gasteiger partial charge in [0.2, 0.25) is 0 Å². The third-order valence-electron chi connectivity index (χ3n) is 4.98. The Morgan fingerprint density at radius 3 is 3.00 bits per heavy atom. The second kappa shape index (κ2) is 4.27. The van der Waals surface area contributed by atoms with E-state index in [1.165, 1.54) is 19.3 Å².